The minimum atomic E-state index is -0.669. The van der Waals surface area contributed by atoms with Crippen LogP contribution in [0.15, 0.2) is 42.5 Å². The third kappa shape index (κ3) is 3.93. The molecule has 0 atom stereocenters. The van der Waals surface area contributed by atoms with Gasteiger partial charge in [-0.25, -0.2) is 8.78 Å². The quantitative estimate of drug-likeness (QED) is 0.786. The highest BCUT2D eigenvalue weighted by atomic mass is 35.5. The van der Waals surface area contributed by atoms with E-state index < -0.39 is 11.6 Å². The van der Waals surface area contributed by atoms with E-state index in [1.54, 1.807) is 0 Å². The zero-order valence-electron chi connectivity index (χ0n) is 10.3. The zero-order valence-corrected chi connectivity index (χ0v) is 11.1. The molecule has 1 N–H and O–H groups in total. The maximum Gasteiger partial charge on any atom is 0.150 e. The second kappa shape index (κ2) is 6.53. The number of aryl methyl sites for hydroxylation is 1. The Hall–Kier alpha value is -1.61. The molecule has 0 amide bonds. The number of nitrogens with one attached hydrogen (secondary N) is 1. The fourth-order valence-corrected chi connectivity index (χ4v) is 2.12. The van der Waals surface area contributed by atoms with Crippen LogP contribution in [-0.4, -0.2) is 6.54 Å². The lowest BCUT2D eigenvalue weighted by Gasteiger charge is -2.09. The molecule has 0 radical (unpaired) electrons. The number of rotatable bonds is 5. The fraction of sp³-hybridized carbons (Fsp3) is 0.200. The summed E-state index contributed by atoms with van der Waals surface area (Å²) in [5.74, 6) is -1.33. The fourth-order valence-electron chi connectivity index (χ4n) is 1.86. The van der Waals surface area contributed by atoms with Crippen molar-refractivity contribution < 1.29 is 8.78 Å². The molecule has 0 aromatic heterocycles. The minimum absolute atomic E-state index is 0.0669. The van der Waals surface area contributed by atoms with Gasteiger partial charge in [0.2, 0.25) is 0 Å². The van der Waals surface area contributed by atoms with Gasteiger partial charge in [0.15, 0.2) is 5.82 Å². The van der Waals surface area contributed by atoms with Crippen molar-refractivity contribution in [1.29, 1.82) is 0 Å². The summed E-state index contributed by atoms with van der Waals surface area (Å²) in [6.07, 6.45) is 1.74. The SMILES string of the molecule is Fc1cc(F)c(NCCCc2ccccc2)c(Cl)c1. The van der Waals surface area contributed by atoms with E-state index in [4.69, 9.17) is 11.6 Å². The molecule has 0 bridgehead atoms. The minimum Gasteiger partial charge on any atom is -0.381 e. The Balaban J connectivity index is 1.86. The number of benzene rings is 2. The predicted octanol–water partition coefficient (Wildman–Crippen LogP) is 4.66. The lowest BCUT2D eigenvalue weighted by atomic mass is 10.1. The van der Waals surface area contributed by atoms with Gasteiger partial charge < -0.3 is 5.32 Å². The second-order valence-electron chi connectivity index (χ2n) is 4.26. The molecule has 0 saturated carbocycles. The smallest absolute Gasteiger partial charge is 0.150 e. The van der Waals surface area contributed by atoms with Crippen molar-refractivity contribution in [2.24, 2.45) is 0 Å². The Morgan fingerprint density at radius 3 is 2.47 bits per heavy atom. The summed E-state index contributed by atoms with van der Waals surface area (Å²) in [6, 6.07) is 12.0. The van der Waals surface area contributed by atoms with Crippen LogP contribution in [0, 0.1) is 11.6 Å². The van der Waals surface area contributed by atoms with Crippen LogP contribution in [0.3, 0.4) is 0 Å². The molecule has 1 nitrogen and oxygen atoms in total. The van der Waals surface area contributed by atoms with Crippen molar-refractivity contribution in [2.75, 3.05) is 11.9 Å². The Bertz CT molecular complexity index is 520. The highest BCUT2D eigenvalue weighted by Crippen LogP contribution is 2.26. The van der Waals surface area contributed by atoms with Crippen LogP contribution in [-0.2, 0) is 6.42 Å². The van der Waals surface area contributed by atoms with Gasteiger partial charge in [-0.3, -0.25) is 0 Å². The summed E-state index contributed by atoms with van der Waals surface area (Å²) in [5.41, 5.74) is 1.39. The largest absolute Gasteiger partial charge is 0.381 e. The monoisotopic (exact) mass is 281 g/mol. The van der Waals surface area contributed by atoms with E-state index >= 15 is 0 Å². The van der Waals surface area contributed by atoms with Crippen LogP contribution < -0.4 is 5.32 Å². The van der Waals surface area contributed by atoms with Crippen molar-refractivity contribution in [3.05, 3.63) is 64.7 Å². The molecule has 0 aliphatic carbocycles. The molecule has 2 rings (SSSR count). The van der Waals surface area contributed by atoms with E-state index in [2.05, 4.69) is 5.32 Å². The summed E-state index contributed by atoms with van der Waals surface area (Å²) >= 11 is 5.79. The van der Waals surface area contributed by atoms with Crippen LogP contribution in [0.2, 0.25) is 5.02 Å². The average molecular weight is 282 g/mol. The summed E-state index contributed by atoms with van der Waals surface area (Å²) in [6.45, 7) is 0.581. The first-order valence-electron chi connectivity index (χ1n) is 6.09. The molecule has 4 heteroatoms. The third-order valence-corrected chi connectivity index (χ3v) is 3.09. The van der Waals surface area contributed by atoms with Crippen molar-refractivity contribution in [2.45, 2.75) is 12.8 Å². The van der Waals surface area contributed by atoms with Crippen molar-refractivity contribution in [1.82, 2.24) is 0 Å². The van der Waals surface area contributed by atoms with Gasteiger partial charge >= 0.3 is 0 Å². The summed E-state index contributed by atoms with van der Waals surface area (Å²) in [4.78, 5) is 0. The normalized spacial score (nSPS) is 10.5. The van der Waals surface area contributed by atoms with Crippen LogP contribution in [0.1, 0.15) is 12.0 Å². The van der Waals surface area contributed by atoms with E-state index in [-0.39, 0.29) is 10.7 Å². The highest BCUT2D eigenvalue weighted by molar-refractivity contribution is 6.33. The van der Waals surface area contributed by atoms with E-state index in [1.807, 2.05) is 30.3 Å². The van der Waals surface area contributed by atoms with Crippen molar-refractivity contribution in [3.63, 3.8) is 0 Å². The molecule has 100 valence electrons. The number of hydrogen-bond donors (Lipinski definition) is 1. The predicted molar refractivity (Wildman–Crippen MR) is 74.6 cm³/mol. The van der Waals surface area contributed by atoms with Gasteiger partial charge in [0.1, 0.15) is 5.82 Å². The summed E-state index contributed by atoms with van der Waals surface area (Å²) in [5, 5.41) is 2.97. The zero-order chi connectivity index (χ0) is 13.7. The molecule has 0 unspecified atom stereocenters. The first-order valence-corrected chi connectivity index (χ1v) is 6.47. The lowest BCUT2D eigenvalue weighted by molar-refractivity contribution is 0.585. The van der Waals surface area contributed by atoms with Gasteiger partial charge in [0.05, 0.1) is 10.7 Å². The van der Waals surface area contributed by atoms with Gasteiger partial charge in [-0.15, -0.1) is 0 Å². The van der Waals surface area contributed by atoms with Gasteiger partial charge in [-0.05, 0) is 24.5 Å². The lowest BCUT2D eigenvalue weighted by Crippen LogP contribution is -2.05. The highest BCUT2D eigenvalue weighted by Gasteiger charge is 2.08. The molecular formula is C15H14ClF2N. The maximum absolute atomic E-state index is 13.5. The van der Waals surface area contributed by atoms with Gasteiger partial charge in [-0.2, -0.15) is 0 Å². The van der Waals surface area contributed by atoms with Crippen LogP contribution >= 0.6 is 11.6 Å². The first kappa shape index (κ1) is 13.8. The summed E-state index contributed by atoms with van der Waals surface area (Å²) in [7, 11) is 0. The number of anilines is 1. The summed E-state index contributed by atoms with van der Waals surface area (Å²) < 4.78 is 26.3. The molecule has 0 aliphatic rings. The Kier molecular flexibility index (Phi) is 4.74. The molecule has 0 aliphatic heterocycles. The van der Waals surface area contributed by atoms with Crippen LogP contribution in [0.5, 0.6) is 0 Å². The van der Waals surface area contributed by atoms with Gasteiger partial charge in [0, 0.05) is 12.6 Å². The van der Waals surface area contributed by atoms with E-state index in [9.17, 15) is 8.78 Å². The van der Waals surface area contributed by atoms with Crippen molar-refractivity contribution >= 4 is 17.3 Å². The van der Waals surface area contributed by atoms with E-state index in [0.29, 0.717) is 6.54 Å². The van der Waals surface area contributed by atoms with Gasteiger partial charge in [0.25, 0.3) is 0 Å². The topological polar surface area (TPSA) is 12.0 Å². The molecule has 0 spiro atoms. The average Bonchev–Trinajstić information content (AvgIpc) is 2.38. The third-order valence-electron chi connectivity index (χ3n) is 2.79. The van der Waals surface area contributed by atoms with Crippen LogP contribution in [0.4, 0.5) is 14.5 Å². The molecule has 19 heavy (non-hydrogen) atoms. The number of halogens is 3. The van der Waals surface area contributed by atoms with E-state index in [1.165, 1.54) is 5.56 Å². The number of hydrogen-bond acceptors (Lipinski definition) is 1. The standard InChI is InChI=1S/C15H14ClF2N/c16-13-9-12(17)10-14(18)15(13)19-8-4-7-11-5-2-1-3-6-11/h1-3,5-6,9-10,19H,4,7-8H2. The van der Waals surface area contributed by atoms with Crippen molar-refractivity contribution in [3.8, 4) is 0 Å². The molecule has 0 heterocycles. The van der Waals surface area contributed by atoms with E-state index in [0.717, 1.165) is 25.0 Å². The van der Waals surface area contributed by atoms with Crippen LogP contribution in [0.25, 0.3) is 0 Å². The maximum atomic E-state index is 13.5. The molecule has 0 saturated heterocycles. The first-order chi connectivity index (χ1) is 9.16. The Morgan fingerprint density at radius 2 is 1.79 bits per heavy atom. The van der Waals surface area contributed by atoms with Gasteiger partial charge in [-0.1, -0.05) is 41.9 Å². The molecule has 2 aromatic carbocycles. The Morgan fingerprint density at radius 1 is 1.05 bits per heavy atom. The molecule has 0 fully saturated rings. The second-order valence-corrected chi connectivity index (χ2v) is 4.67. The molecular weight excluding hydrogens is 268 g/mol. The Labute approximate surface area is 116 Å². The molecule has 2 aromatic rings.